The van der Waals surface area contributed by atoms with Crippen molar-refractivity contribution in [2.75, 3.05) is 0 Å². The van der Waals surface area contributed by atoms with Crippen molar-refractivity contribution in [3.05, 3.63) is 28.9 Å². The Bertz CT molecular complexity index is 795. The third-order valence-electron chi connectivity index (χ3n) is 3.02. The molecule has 1 heterocycles. The maximum absolute atomic E-state index is 12.7. The van der Waals surface area contributed by atoms with Gasteiger partial charge in [0.15, 0.2) is 11.8 Å². The number of nitrogens with two attached hydrogens (primary N) is 2. The van der Waals surface area contributed by atoms with Gasteiger partial charge in [0.2, 0.25) is 0 Å². The van der Waals surface area contributed by atoms with E-state index in [4.69, 9.17) is 23.1 Å². The fourth-order valence-electron chi connectivity index (χ4n) is 2.24. The molecule has 2 aromatic rings. The molecular weight excluding hydrogens is 337 g/mol. The lowest BCUT2D eigenvalue weighted by molar-refractivity contribution is -0.142. The van der Waals surface area contributed by atoms with Gasteiger partial charge in [-0.15, -0.1) is 0 Å². The van der Waals surface area contributed by atoms with Crippen LogP contribution < -0.4 is 11.5 Å². The van der Waals surface area contributed by atoms with Crippen LogP contribution in [0.25, 0.3) is 10.8 Å². The van der Waals surface area contributed by atoms with Gasteiger partial charge in [-0.25, -0.2) is 0 Å². The van der Waals surface area contributed by atoms with Crippen LogP contribution in [0.2, 0.25) is 5.02 Å². The van der Waals surface area contributed by atoms with Crippen molar-refractivity contribution in [3.63, 3.8) is 0 Å². The summed E-state index contributed by atoms with van der Waals surface area (Å²) in [6.07, 6.45) is -5.10. The third kappa shape index (κ3) is 3.86. The quantitative estimate of drug-likeness (QED) is 0.581. The zero-order chi connectivity index (χ0) is 17.4. The van der Waals surface area contributed by atoms with E-state index < -0.39 is 36.9 Å². The van der Waals surface area contributed by atoms with Gasteiger partial charge in [0.05, 0.1) is 6.42 Å². The third-order valence-corrected chi connectivity index (χ3v) is 3.26. The van der Waals surface area contributed by atoms with Gasteiger partial charge in [-0.3, -0.25) is 4.79 Å². The maximum atomic E-state index is 12.7. The molecule has 0 saturated heterocycles. The molecular formula is C13H12ClF3N4O2. The first kappa shape index (κ1) is 16.9. The maximum Gasteiger partial charge on any atom is 0.406 e. The number of halogens is 4. The molecule has 124 valence electrons. The van der Waals surface area contributed by atoms with Crippen LogP contribution >= 0.6 is 11.6 Å². The number of carbonyl (C=O) groups excluding carboxylic acids is 1. The number of nitrogens with zero attached hydrogens (tertiary/aromatic N) is 2. The van der Waals surface area contributed by atoms with Crippen molar-refractivity contribution in [3.8, 4) is 5.88 Å². The summed E-state index contributed by atoms with van der Waals surface area (Å²) < 4.78 is 38.8. The zero-order valence-corrected chi connectivity index (χ0v) is 12.3. The minimum Gasteiger partial charge on any atom is -0.494 e. The van der Waals surface area contributed by atoms with E-state index in [2.05, 4.69) is 4.99 Å². The minimum absolute atomic E-state index is 0.0542. The average Bonchev–Trinajstić information content (AvgIpc) is 2.61. The first-order valence-corrected chi connectivity index (χ1v) is 6.65. The molecule has 23 heavy (non-hydrogen) atoms. The monoisotopic (exact) mass is 348 g/mol. The Morgan fingerprint density at radius 1 is 1.30 bits per heavy atom. The Labute approximate surface area is 133 Å². The number of guanidine groups is 1. The molecule has 0 aliphatic rings. The van der Waals surface area contributed by atoms with Gasteiger partial charge in [-0.1, -0.05) is 17.7 Å². The van der Waals surface area contributed by atoms with Gasteiger partial charge < -0.3 is 21.1 Å². The van der Waals surface area contributed by atoms with Crippen LogP contribution in [-0.4, -0.2) is 27.7 Å². The standard InChI is InChI=1S/C13H12ClF3N4O2/c14-6-1-2-7-8(3-6)11(23)21(5-13(15,16)17)9(7)4-10(22)20-12(18)19/h1-3,23H,4-5H2,(H4,18,19,20,22). The van der Waals surface area contributed by atoms with Gasteiger partial charge in [0.1, 0.15) is 6.54 Å². The number of fused-ring (bicyclic) bond motifs is 1. The Hall–Kier alpha value is -2.42. The Morgan fingerprint density at radius 3 is 2.52 bits per heavy atom. The number of amides is 1. The highest BCUT2D eigenvalue weighted by molar-refractivity contribution is 6.31. The summed E-state index contributed by atoms with van der Waals surface area (Å²) in [6.45, 7) is -1.46. The van der Waals surface area contributed by atoms with E-state index in [0.29, 0.717) is 4.57 Å². The molecule has 0 saturated carbocycles. The molecule has 0 unspecified atom stereocenters. The van der Waals surface area contributed by atoms with Gasteiger partial charge in [0.25, 0.3) is 5.91 Å². The van der Waals surface area contributed by atoms with Crippen molar-refractivity contribution in [2.45, 2.75) is 19.1 Å². The Morgan fingerprint density at radius 2 is 1.96 bits per heavy atom. The van der Waals surface area contributed by atoms with Crippen LogP contribution in [0.5, 0.6) is 5.88 Å². The first-order chi connectivity index (χ1) is 10.6. The summed E-state index contributed by atoms with van der Waals surface area (Å²) >= 11 is 5.80. The summed E-state index contributed by atoms with van der Waals surface area (Å²) in [6, 6.07) is 4.17. The Balaban J connectivity index is 2.61. The van der Waals surface area contributed by atoms with Crippen LogP contribution in [0.1, 0.15) is 5.69 Å². The van der Waals surface area contributed by atoms with Crippen molar-refractivity contribution < 1.29 is 23.1 Å². The fraction of sp³-hybridized carbons (Fsp3) is 0.231. The molecule has 0 spiro atoms. The zero-order valence-electron chi connectivity index (χ0n) is 11.6. The Kier molecular flexibility index (Phi) is 4.42. The lowest BCUT2D eigenvalue weighted by atomic mass is 10.1. The van der Waals surface area contributed by atoms with E-state index in [-0.39, 0.29) is 21.5 Å². The summed E-state index contributed by atoms with van der Waals surface area (Å²) in [5.41, 5.74) is 10.1. The van der Waals surface area contributed by atoms with E-state index in [1.165, 1.54) is 18.2 Å². The molecule has 0 aliphatic carbocycles. The number of carbonyl (C=O) groups is 1. The summed E-state index contributed by atoms with van der Waals surface area (Å²) in [7, 11) is 0. The molecule has 0 bridgehead atoms. The van der Waals surface area contributed by atoms with Crippen LogP contribution in [0.3, 0.4) is 0 Å². The summed E-state index contributed by atoms with van der Waals surface area (Å²) in [5, 5.41) is 10.7. The van der Waals surface area contributed by atoms with E-state index >= 15 is 0 Å². The normalized spacial score (nSPS) is 11.7. The fourth-order valence-corrected chi connectivity index (χ4v) is 2.41. The molecule has 0 atom stereocenters. The topological polar surface area (TPSA) is 107 Å². The molecule has 0 radical (unpaired) electrons. The number of aromatic nitrogens is 1. The summed E-state index contributed by atoms with van der Waals surface area (Å²) in [4.78, 5) is 15.0. The van der Waals surface area contributed by atoms with Crippen LogP contribution in [-0.2, 0) is 17.8 Å². The van der Waals surface area contributed by atoms with Gasteiger partial charge in [0, 0.05) is 21.5 Å². The predicted molar refractivity (Wildman–Crippen MR) is 79.2 cm³/mol. The lowest BCUT2D eigenvalue weighted by Gasteiger charge is -2.12. The van der Waals surface area contributed by atoms with Crippen molar-refractivity contribution in [1.29, 1.82) is 0 Å². The van der Waals surface area contributed by atoms with Crippen molar-refractivity contribution in [1.82, 2.24) is 4.57 Å². The molecule has 0 fully saturated rings. The van der Waals surface area contributed by atoms with Gasteiger partial charge >= 0.3 is 6.18 Å². The van der Waals surface area contributed by atoms with E-state index in [9.17, 15) is 23.1 Å². The second kappa shape index (κ2) is 5.99. The molecule has 6 nitrogen and oxygen atoms in total. The highest BCUT2D eigenvalue weighted by Gasteiger charge is 2.32. The van der Waals surface area contributed by atoms with Gasteiger partial charge in [-0.2, -0.15) is 18.2 Å². The van der Waals surface area contributed by atoms with Crippen molar-refractivity contribution >= 4 is 34.2 Å². The van der Waals surface area contributed by atoms with E-state index in [1.54, 1.807) is 0 Å². The van der Waals surface area contributed by atoms with Crippen LogP contribution in [0.15, 0.2) is 23.2 Å². The molecule has 2 rings (SSSR count). The molecule has 1 aromatic heterocycles. The molecule has 5 N–H and O–H groups in total. The minimum atomic E-state index is -4.59. The number of hydrogen-bond donors (Lipinski definition) is 3. The predicted octanol–water partition coefficient (Wildman–Crippen LogP) is 1.91. The average molecular weight is 349 g/mol. The largest absolute Gasteiger partial charge is 0.494 e. The van der Waals surface area contributed by atoms with Crippen molar-refractivity contribution in [2.24, 2.45) is 16.5 Å². The number of rotatable bonds is 3. The second-order valence-corrected chi connectivity index (χ2v) is 5.21. The second-order valence-electron chi connectivity index (χ2n) is 4.77. The summed E-state index contributed by atoms with van der Waals surface area (Å²) in [5.74, 6) is -1.96. The molecule has 10 heteroatoms. The first-order valence-electron chi connectivity index (χ1n) is 6.27. The van der Waals surface area contributed by atoms with E-state index in [1.807, 2.05) is 0 Å². The molecule has 0 aliphatic heterocycles. The number of benzene rings is 1. The van der Waals surface area contributed by atoms with Crippen LogP contribution in [0, 0.1) is 0 Å². The van der Waals surface area contributed by atoms with Crippen LogP contribution in [0.4, 0.5) is 13.2 Å². The lowest BCUT2D eigenvalue weighted by Crippen LogP contribution is -2.25. The smallest absolute Gasteiger partial charge is 0.406 e. The number of aromatic hydroxyl groups is 1. The number of alkyl halides is 3. The SMILES string of the molecule is NC(N)=NC(=O)Cc1c2ccc(Cl)cc2c(O)n1CC(F)(F)F. The van der Waals surface area contributed by atoms with Gasteiger partial charge in [-0.05, 0) is 12.1 Å². The number of hydrogen-bond acceptors (Lipinski definition) is 2. The highest BCUT2D eigenvalue weighted by Crippen LogP contribution is 2.36. The molecule has 1 aromatic carbocycles. The van der Waals surface area contributed by atoms with E-state index in [0.717, 1.165) is 0 Å². The number of aliphatic imine (C=N–C) groups is 1. The molecule has 1 amide bonds. The highest BCUT2D eigenvalue weighted by atomic mass is 35.5.